The lowest BCUT2D eigenvalue weighted by atomic mass is 10.2. The number of benzene rings is 1. The third kappa shape index (κ3) is 4.91. The molecule has 0 radical (unpaired) electrons. The average Bonchev–Trinajstić information content (AvgIpc) is 3.29. The van der Waals surface area contributed by atoms with Gasteiger partial charge in [-0.15, -0.1) is 0 Å². The largest absolute Gasteiger partial charge is 0.494 e. The molecule has 1 N–H and O–H groups in total. The summed E-state index contributed by atoms with van der Waals surface area (Å²) in [6.07, 6.45) is 5.25. The van der Waals surface area contributed by atoms with Gasteiger partial charge in [-0.3, -0.25) is 14.1 Å². The molecule has 10 heteroatoms. The monoisotopic (exact) mass is 491 g/mol. The summed E-state index contributed by atoms with van der Waals surface area (Å²) in [6, 6.07) is 11.8. The zero-order valence-corrected chi connectivity index (χ0v) is 20.4. The minimum absolute atomic E-state index is 0.199. The molecule has 0 atom stereocenters. The Morgan fingerprint density at radius 2 is 1.94 bits per heavy atom. The third-order valence-corrected chi connectivity index (χ3v) is 6.30. The van der Waals surface area contributed by atoms with Crippen LogP contribution in [0.4, 0.5) is 17.3 Å². The fourth-order valence-electron chi connectivity index (χ4n) is 4.29. The molecule has 0 aliphatic carbocycles. The van der Waals surface area contributed by atoms with Gasteiger partial charge in [0.15, 0.2) is 0 Å². The maximum Gasteiger partial charge on any atom is 0.227 e. The van der Waals surface area contributed by atoms with Gasteiger partial charge in [-0.1, -0.05) is 17.7 Å². The Morgan fingerprint density at radius 3 is 2.71 bits per heavy atom. The Balaban J connectivity index is 1.36. The van der Waals surface area contributed by atoms with Crippen molar-refractivity contribution in [2.75, 3.05) is 50.1 Å². The average molecular weight is 492 g/mol. The number of aromatic nitrogens is 4. The zero-order chi connectivity index (χ0) is 24.4. The van der Waals surface area contributed by atoms with Gasteiger partial charge in [0.05, 0.1) is 42.5 Å². The van der Waals surface area contributed by atoms with Gasteiger partial charge in [0.1, 0.15) is 22.9 Å². The van der Waals surface area contributed by atoms with Crippen LogP contribution in [0, 0.1) is 0 Å². The maximum atomic E-state index is 11.4. The lowest BCUT2D eigenvalue weighted by Crippen LogP contribution is -2.47. The highest BCUT2D eigenvalue weighted by Gasteiger charge is 2.20. The van der Waals surface area contributed by atoms with Crippen LogP contribution >= 0.6 is 11.6 Å². The van der Waals surface area contributed by atoms with Crippen molar-refractivity contribution >= 4 is 40.4 Å². The first-order valence-corrected chi connectivity index (χ1v) is 11.8. The van der Waals surface area contributed by atoms with E-state index in [4.69, 9.17) is 16.3 Å². The summed E-state index contributed by atoms with van der Waals surface area (Å²) in [4.78, 5) is 29.3. The number of ketones is 1. The minimum Gasteiger partial charge on any atom is -0.494 e. The Labute approximate surface area is 208 Å². The van der Waals surface area contributed by atoms with E-state index in [0.717, 1.165) is 48.9 Å². The quantitative estimate of drug-likeness (QED) is 0.416. The summed E-state index contributed by atoms with van der Waals surface area (Å²) < 4.78 is 7.60. The van der Waals surface area contributed by atoms with Crippen molar-refractivity contribution in [3.63, 3.8) is 0 Å². The number of nitrogens with zero attached hydrogens (tertiary/aromatic N) is 6. The highest BCUT2D eigenvalue weighted by molar-refractivity contribution is 6.32. The summed E-state index contributed by atoms with van der Waals surface area (Å²) in [7, 11) is 1.64. The van der Waals surface area contributed by atoms with E-state index in [0.29, 0.717) is 29.0 Å². The van der Waals surface area contributed by atoms with E-state index in [1.807, 2.05) is 47.0 Å². The first-order chi connectivity index (χ1) is 17.0. The number of nitrogens with one attached hydrogen (secondary N) is 1. The second-order valence-electron chi connectivity index (χ2n) is 8.44. The van der Waals surface area contributed by atoms with Gasteiger partial charge in [-0.2, -0.15) is 0 Å². The second-order valence-corrected chi connectivity index (χ2v) is 8.84. The van der Waals surface area contributed by atoms with Crippen molar-refractivity contribution in [1.29, 1.82) is 0 Å². The molecule has 0 unspecified atom stereocenters. The number of carbonyl (C=O) groups is 1. The number of hydrogen-bond donors (Lipinski definition) is 1. The minimum atomic E-state index is 0.199. The first-order valence-electron chi connectivity index (χ1n) is 11.4. The molecule has 9 nitrogen and oxygen atoms in total. The number of carbonyl (C=O) groups excluding carboxylic acids is 1. The van der Waals surface area contributed by atoms with E-state index >= 15 is 0 Å². The number of rotatable bonds is 7. The second kappa shape index (κ2) is 9.89. The topological polar surface area (TPSA) is 87.9 Å². The molecule has 1 fully saturated rings. The van der Waals surface area contributed by atoms with Crippen molar-refractivity contribution in [3.05, 3.63) is 60.0 Å². The van der Waals surface area contributed by atoms with Crippen molar-refractivity contribution in [3.8, 4) is 17.1 Å². The molecule has 1 saturated heterocycles. The summed E-state index contributed by atoms with van der Waals surface area (Å²) in [5.74, 6) is 1.28. The lowest BCUT2D eigenvalue weighted by Gasteiger charge is -2.35. The fourth-order valence-corrected chi connectivity index (χ4v) is 4.48. The van der Waals surface area contributed by atoms with Gasteiger partial charge in [-0.25, -0.2) is 15.0 Å². The summed E-state index contributed by atoms with van der Waals surface area (Å²) in [6.45, 7) is 5.56. The Hall–Kier alpha value is -3.69. The number of Topliss-reactive ketones (excluding diaryl/α,β-unsaturated/α-hetero) is 1. The van der Waals surface area contributed by atoms with Crippen LogP contribution in [0.15, 0.2) is 55.0 Å². The molecular formula is C25H26ClN7O2. The molecule has 1 aromatic carbocycles. The standard InChI is InChI=1S/C25H26ClN7O2/c1-17(34)16-31-9-11-32(12-10-31)18-6-7-20(22(13-18)35-2)29-25-28-14-19(26)24(30-25)21-15-27-23-5-3-4-8-33(21)23/h3-8,13-15H,9-12,16H2,1-2H3,(H,28,29,30). The molecule has 1 aliphatic heterocycles. The van der Waals surface area contributed by atoms with Crippen LogP contribution in [0.25, 0.3) is 17.0 Å². The smallest absolute Gasteiger partial charge is 0.227 e. The maximum absolute atomic E-state index is 11.4. The van der Waals surface area contributed by atoms with Crippen molar-refractivity contribution in [2.24, 2.45) is 0 Å². The molecule has 0 bridgehead atoms. The van der Waals surface area contributed by atoms with Gasteiger partial charge in [0.25, 0.3) is 0 Å². The fraction of sp³-hybridized carbons (Fsp3) is 0.280. The Bertz CT molecular complexity index is 1370. The number of halogens is 1. The number of methoxy groups -OCH3 is 1. The summed E-state index contributed by atoms with van der Waals surface area (Å²) in [5.41, 5.74) is 3.99. The molecule has 35 heavy (non-hydrogen) atoms. The normalized spacial score (nSPS) is 14.3. The van der Waals surface area contributed by atoms with E-state index in [2.05, 4.69) is 30.1 Å². The number of anilines is 3. The van der Waals surface area contributed by atoms with Crippen LogP contribution < -0.4 is 15.0 Å². The van der Waals surface area contributed by atoms with Gasteiger partial charge in [0, 0.05) is 44.1 Å². The lowest BCUT2D eigenvalue weighted by molar-refractivity contribution is -0.118. The van der Waals surface area contributed by atoms with Crippen molar-refractivity contribution in [1.82, 2.24) is 24.3 Å². The van der Waals surface area contributed by atoms with Gasteiger partial charge >= 0.3 is 0 Å². The zero-order valence-electron chi connectivity index (χ0n) is 19.6. The number of fused-ring (bicyclic) bond motifs is 1. The number of piperazine rings is 1. The van der Waals surface area contributed by atoms with Gasteiger partial charge < -0.3 is 15.0 Å². The van der Waals surface area contributed by atoms with Crippen molar-refractivity contribution < 1.29 is 9.53 Å². The molecular weight excluding hydrogens is 466 g/mol. The molecule has 1 aliphatic rings. The molecule has 0 amide bonds. The third-order valence-electron chi connectivity index (χ3n) is 6.02. The van der Waals surface area contributed by atoms with E-state index in [1.165, 1.54) is 0 Å². The number of pyridine rings is 1. The SMILES string of the molecule is COc1cc(N2CCN(CC(C)=O)CC2)ccc1Nc1ncc(Cl)c(-c2cnc3ccccn23)n1. The number of ether oxygens (including phenoxy) is 1. The molecule has 180 valence electrons. The molecule has 4 heterocycles. The first kappa shape index (κ1) is 23.1. The molecule has 0 saturated carbocycles. The van der Waals surface area contributed by atoms with E-state index in [-0.39, 0.29) is 5.78 Å². The van der Waals surface area contributed by atoms with E-state index < -0.39 is 0 Å². The molecule has 3 aromatic heterocycles. The predicted molar refractivity (Wildman–Crippen MR) is 137 cm³/mol. The van der Waals surface area contributed by atoms with Crippen molar-refractivity contribution in [2.45, 2.75) is 6.92 Å². The van der Waals surface area contributed by atoms with Crippen LogP contribution in [0.2, 0.25) is 5.02 Å². The number of imidazole rings is 1. The Kier molecular flexibility index (Phi) is 6.52. The summed E-state index contributed by atoms with van der Waals surface area (Å²) >= 11 is 6.45. The number of hydrogen-bond acceptors (Lipinski definition) is 8. The highest BCUT2D eigenvalue weighted by Crippen LogP contribution is 2.33. The van der Waals surface area contributed by atoms with Gasteiger partial charge in [0.2, 0.25) is 5.95 Å². The van der Waals surface area contributed by atoms with Gasteiger partial charge in [-0.05, 0) is 31.2 Å². The molecule has 0 spiro atoms. The predicted octanol–water partition coefficient (Wildman–Crippen LogP) is 3.91. The van der Waals surface area contributed by atoms with Crippen LogP contribution in [0.5, 0.6) is 5.75 Å². The van der Waals surface area contributed by atoms with E-state index in [1.54, 1.807) is 26.4 Å². The van der Waals surface area contributed by atoms with Crippen LogP contribution in [-0.4, -0.2) is 69.9 Å². The molecule has 4 aromatic rings. The summed E-state index contributed by atoms with van der Waals surface area (Å²) in [5, 5.41) is 3.70. The highest BCUT2D eigenvalue weighted by atomic mass is 35.5. The van der Waals surface area contributed by atoms with Crippen LogP contribution in [-0.2, 0) is 4.79 Å². The van der Waals surface area contributed by atoms with Crippen LogP contribution in [0.3, 0.4) is 0 Å². The Morgan fingerprint density at radius 1 is 1.11 bits per heavy atom. The molecule has 5 rings (SSSR count). The van der Waals surface area contributed by atoms with Crippen LogP contribution in [0.1, 0.15) is 6.92 Å². The van der Waals surface area contributed by atoms with E-state index in [9.17, 15) is 4.79 Å².